The highest BCUT2D eigenvalue weighted by Crippen LogP contribution is 2.28. The van der Waals surface area contributed by atoms with E-state index in [1.807, 2.05) is 62.4 Å². The molecule has 0 radical (unpaired) electrons. The Morgan fingerprint density at radius 2 is 1.41 bits per heavy atom. The fourth-order valence-electron chi connectivity index (χ4n) is 4.00. The van der Waals surface area contributed by atoms with Crippen LogP contribution in [0.2, 0.25) is 0 Å². The van der Waals surface area contributed by atoms with E-state index in [-0.39, 0.29) is 25.6 Å². The first-order valence-corrected chi connectivity index (χ1v) is 12.6. The molecule has 4 N–H and O–H groups in total. The number of ketones is 1. The summed E-state index contributed by atoms with van der Waals surface area (Å²) in [4.78, 5) is 39.5. The summed E-state index contributed by atoms with van der Waals surface area (Å²) in [5.41, 5.74) is 5.70. The van der Waals surface area contributed by atoms with Gasteiger partial charge in [-0.1, -0.05) is 88.4 Å². The van der Waals surface area contributed by atoms with Gasteiger partial charge in [0.1, 0.15) is 6.04 Å². The Morgan fingerprint density at radius 3 is 1.86 bits per heavy atom. The van der Waals surface area contributed by atoms with Crippen molar-refractivity contribution < 1.29 is 29.0 Å². The van der Waals surface area contributed by atoms with Crippen LogP contribution in [0.5, 0.6) is 0 Å². The summed E-state index contributed by atoms with van der Waals surface area (Å²) in [5.74, 6) is -3.26. The van der Waals surface area contributed by atoms with Gasteiger partial charge in [-0.25, -0.2) is 4.79 Å². The summed E-state index contributed by atoms with van der Waals surface area (Å²) in [6.07, 6.45) is -0.687. The van der Waals surface area contributed by atoms with Gasteiger partial charge in [-0.05, 0) is 36.3 Å². The topological polar surface area (TPSA) is 128 Å². The molecule has 0 heterocycles. The third-order valence-electron chi connectivity index (χ3n) is 6.18. The average molecular weight is 513 g/mol. The van der Waals surface area contributed by atoms with Gasteiger partial charge in [-0.3, -0.25) is 9.59 Å². The van der Waals surface area contributed by atoms with E-state index in [2.05, 4.69) is 5.32 Å². The van der Waals surface area contributed by atoms with E-state index < -0.39 is 47.4 Å². The smallest absolute Gasteiger partial charge is 0.343 e. The molecule has 0 fully saturated rings. The normalized spacial score (nSPS) is 15.6. The summed E-state index contributed by atoms with van der Waals surface area (Å²) in [5, 5.41) is 12.9. The van der Waals surface area contributed by atoms with Crippen molar-refractivity contribution in [2.75, 3.05) is 0 Å². The van der Waals surface area contributed by atoms with Crippen LogP contribution in [0, 0.1) is 11.8 Å². The van der Waals surface area contributed by atoms with Gasteiger partial charge in [0.2, 0.25) is 11.5 Å². The second-order valence-electron chi connectivity index (χ2n) is 10.1. The lowest BCUT2D eigenvalue weighted by atomic mass is 9.81. The van der Waals surface area contributed by atoms with Crippen LogP contribution in [-0.4, -0.2) is 46.6 Å². The molecule has 1 amide bonds. The second kappa shape index (κ2) is 14.0. The molecule has 2 rings (SSSR count). The Kier molecular flexibility index (Phi) is 11.4. The number of carboxylic acid groups (broad SMARTS) is 1. The maximum Gasteiger partial charge on any atom is 0.343 e. The van der Waals surface area contributed by atoms with Crippen molar-refractivity contribution in [3.63, 3.8) is 0 Å². The number of nitrogens with one attached hydrogen (secondary N) is 1. The van der Waals surface area contributed by atoms with Crippen molar-refractivity contribution in [2.45, 2.75) is 78.0 Å². The van der Waals surface area contributed by atoms with Crippen LogP contribution in [0.4, 0.5) is 0 Å². The van der Waals surface area contributed by atoms with Crippen LogP contribution < -0.4 is 11.1 Å². The molecule has 0 saturated heterocycles. The van der Waals surface area contributed by atoms with E-state index in [0.717, 1.165) is 11.1 Å². The molecule has 0 aromatic heterocycles. The van der Waals surface area contributed by atoms with E-state index in [1.165, 1.54) is 0 Å². The minimum atomic E-state index is -2.13. The number of amides is 1. The highest BCUT2D eigenvalue weighted by Gasteiger charge is 2.51. The van der Waals surface area contributed by atoms with Crippen LogP contribution in [-0.2, 0) is 37.1 Å². The van der Waals surface area contributed by atoms with Gasteiger partial charge in [0.05, 0.1) is 25.4 Å². The van der Waals surface area contributed by atoms with Crippen LogP contribution in [0.25, 0.3) is 0 Å². The summed E-state index contributed by atoms with van der Waals surface area (Å²) in [7, 11) is 0. The van der Waals surface area contributed by atoms with Crippen molar-refractivity contribution in [3.05, 3.63) is 71.8 Å². The number of hydrogen-bond donors (Lipinski definition) is 3. The van der Waals surface area contributed by atoms with E-state index in [1.54, 1.807) is 32.9 Å². The molecule has 37 heavy (non-hydrogen) atoms. The zero-order valence-corrected chi connectivity index (χ0v) is 22.3. The van der Waals surface area contributed by atoms with Gasteiger partial charge in [0.15, 0.2) is 5.78 Å². The Morgan fingerprint density at radius 1 is 0.892 bits per heavy atom. The molecule has 4 atom stereocenters. The fraction of sp³-hybridized carbons (Fsp3) is 0.483. The van der Waals surface area contributed by atoms with Crippen molar-refractivity contribution in [2.24, 2.45) is 17.6 Å². The number of rotatable bonds is 15. The SMILES string of the molecule is CC(C)CC(OCc1ccccc1)(C(=O)O)C(=O)[C@@H](NC(=O)[C@@H](N)[C@@H](C)OCc1ccccc1)C(C)C. The number of carboxylic acids is 1. The first kappa shape index (κ1) is 30.2. The molecular formula is C29H40N2O6. The standard InChI is InChI=1S/C29H40N2O6/c1-19(2)16-29(28(34)35,37-18-23-14-10-7-11-15-23)26(32)25(20(3)4)31-27(33)24(30)21(5)36-17-22-12-8-6-9-13-22/h6-15,19-21,24-25H,16-18,30H2,1-5H3,(H,31,33)(H,34,35)/t21-,24+,25+,29?/m1/s1. The Bertz CT molecular complexity index is 1010. The van der Waals surface area contributed by atoms with Crippen molar-refractivity contribution in [1.82, 2.24) is 5.32 Å². The first-order chi connectivity index (χ1) is 17.5. The number of carbonyl (C=O) groups excluding carboxylic acids is 2. The number of aliphatic carboxylic acids is 1. The van der Waals surface area contributed by atoms with E-state index in [0.29, 0.717) is 0 Å². The van der Waals surface area contributed by atoms with Crippen LogP contribution >= 0.6 is 0 Å². The Balaban J connectivity index is 2.21. The van der Waals surface area contributed by atoms with Crippen molar-refractivity contribution in [3.8, 4) is 0 Å². The number of ether oxygens (including phenoxy) is 2. The molecule has 0 bridgehead atoms. The van der Waals surface area contributed by atoms with Crippen molar-refractivity contribution >= 4 is 17.7 Å². The summed E-state index contributed by atoms with van der Waals surface area (Å²) < 4.78 is 11.7. The van der Waals surface area contributed by atoms with Gasteiger partial charge < -0.3 is 25.6 Å². The highest BCUT2D eigenvalue weighted by molar-refractivity contribution is 6.10. The maximum absolute atomic E-state index is 13.9. The van der Waals surface area contributed by atoms with E-state index in [4.69, 9.17) is 15.2 Å². The molecule has 0 aliphatic rings. The molecule has 0 saturated carbocycles. The predicted molar refractivity (Wildman–Crippen MR) is 141 cm³/mol. The fourth-order valence-corrected chi connectivity index (χ4v) is 4.00. The Labute approximate surface area is 219 Å². The van der Waals surface area contributed by atoms with Gasteiger partial charge in [0.25, 0.3) is 0 Å². The zero-order chi connectivity index (χ0) is 27.6. The van der Waals surface area contributed by atoms with Gasteiger partial charge >= 0.3 is 5.97 Å². The molecule has 1 unspecified atom stereocenters. The van der Waals surface area contributed by atoms with Gasteiger partial charge in [-0.15, -0.1) is 0 Å². The monoisotopic (exact) mass is 512 g/mol. The largest absolute Gasteiger partial charge is 0.479 e. The summed E-state index contributed by atoms with van der Waals surface area (Å²) >= 11 is 0. The quantitative estimate of drug-likeness (QED) is 0.310. The number of carbonyl (C=O) groups is 3. The van der Waals surface area contributed by atoms with Gasteiger partial charge in [-0.2, -0.15) is 0 Å². The maximum atomic E-state index is 13.9. The number of hydrogen-bond acceptors (Lipinski definition) is 6. The molecule has 8 heteroatoms. The summed E-state index contributed by atoms with van der Waals surface area (Å²) in [6.45, 7) is 9.02. The molecule has 0 spiro atoms. The van der Waals surface area contributed by atoms with Crippen molar-refractivity contribution in [1.29, 1.82) is 0 Å². The molecular weight excluding hydrogens is 472 g/mol. The lowest BCUT2D eigenvalue weighted by Gasteiger charge is -2.35. The Hall–Kier alpha value is -3.07. The van der Waals surface area contributed by atoms with E-state index in [9.17, 15) is 19.5 Å². The van der Waals surface area contributed by atoms with Crippen LogP contribution in [0.15, 0.2) is 60.7 Å². The molecule has 2 aromatic rings. The van der Waals surface area contributed by atoms with Crippen LogP contribution in [0.3, 0.4) is 0 Å². The molecule has 202 valence electrons. The molecule has 2 aromatic carbocycles. The van der Waals surface area contributed by atoms with Gasteiger partial charge in [0, 0.05) is 0 Å². The first-order valence-electron chi connectivity index (χ1n) is 12.6. The lowest BCUT2D eigenvalue weighted by Crippen LogP contribution is -2.61. The number of benzene rings is 2. The predicted octanol–water partition coefficient (Wildman–Crippen LogP) is 3.72. The second-order valence-corrected chi connectivity index (χ2v) is 10.1. The third-order valence-corrected chi connectivity index (χ3v) is 6.18. The minimum absolute atomic E-state index is 0.0459. The third kappa shape index (κ3) is 8.49. The lowest BCUT2D eigenvalue weighted by molar-refractivity contribution is -0.178. The number of Topliss-reactive ketones (excluding diaryl/α,β-unsaturated/α-hetero) is 1. The highest BCUT2D eigenvalue weighted by atomic mass is 16.5. The summed E-state index contributed by atoms with van der Waals surface area (Å²) in [6, 6.07) is 16.4. The average Bonchev–Trinajstić information content (AvgIpc) is 2.87. The zero-order valence-electron chi connectivity index (χ0n) is 22.3. The minimum Gasteiger partial charge on any atom is -0.479 e. The molecule has 0 aliphatic carbocycles. The molecule has 0 aliphatic heterocycles. The van der Waals surface area contributed by atoms with Crippen LogP contribution in [0.1, 0.15) is 52.2 Å². The number of nitrogens with two attached hydrogens (primary N) is 1. The van der Waals surface area contributed by atoms with E-state index >= 15 is 0 Å². The molecule has 8 nitrogen and oxygen atoms in total.